The molecule has 0 unspecified atom stereocenters. The highest BCUT2D eigenvalue weighted by molar-refractivity contribution is 5.80. The second kappa shape index (κ2) is 4.62. The monoisotopic (exact) mass is 290 g/mol. The highest BCUT2D eigenvalue weighted by Crippen LogP contribution is 2.32. The number of aromatic nitrogens is 2. The molecule has 0 saturated heterocycles. The average molecular weight is 290 g/mol. The van der Waals surface area contributed by atoms with Gasteiger partial charge < -0.3 is 4.98 Å². The standard InChI is InChI=1S/C16H13F3N2/c1-9-4-3-5-12(10(9)2)15-20-13-7-6-11(16(17,18)19)8-14(13)21-15/h3-8H,1-2H3,(H,20,21). The topological polar surface area (TPSA) is 28.7 Å². The smallest absolute Gasteiger partial charge is 0.338 e. The van der Waals surface area contributed by atoms with Crippen LogP contribution in [0.3, 0.4) is 0 Å². The summed E-state index contributed by atoms with van der Waals surface area (Å²) in [6.07, 6.45) is -4.35. The minimum atomic E-state index is -4.35. The molecule has 0 saturated carbocycles. The largest absolute Gasteiger partial charge is 0.416 e. The Morgan fingerprint density at radius 2 is 1.81 bits per heavy atom. The summed E-state index contributed by atoms with van der Waals surface area (Å²) in [7, 11) is 0. The Kier molecular flexibility index (Phi) is 3.01. The first-order valence-electron chi connectivity index (χ1n) is 6.50. The molecule has 21 heavy (non-hydrogen) atoms. The minimum absolute atomic E-state index is 0.390. The molecule has 0 spiro atoms. The molecule has 1 N–H and O–H groups in total. The van der Waals surface area contributed by atoms with Crippen LogP contribution >= 0.6 is 0 Å². The van der Waals surface area contributed by atoms with Gasteiger partial charge in [0.05, 0.1) is 16.6 Å². The van der Waals surface area contributed by atoms with Gasteiger partial charge in [0.15, 0.2) is 0 Å². The Morgan fingerprint density at radius 3 is 2.52 bits per heavy atom. The molecule has 3 aromatic rings. The highest BCUT2D eigenvalue weighted by Gasteiger charge is 2.30. The van der Waals surface area contributed by atoms with Crippen molar-refractivity contribution in [2.75, 3.05) is 0 Å². The van der Waals surface area contributed by atoms with Crippen molar-refractivity contribution in [1.29, 1.82) is 0 Å². The molecule has 1 heterocycles. The van der Waals surface area contributed by atoms with Gasteiger partial charge in [-0.1, -0.05) is 18.2 Å². The number of alkyl halides is 3. The van der Waals surface area contributed by atoms with E-state index in [-0.39, 0.29) is 0 Å². The zero-order chi connectivity index (χ0) is 15.2. The highest BCUT2D eigenvalue weighted by atomic mass is 19.4. The SMILES string of the molecule is Cc1cccc(-c2nc3ccc(C(F)(F)F)cc3[nH]2)c1C. The Bertz CT molecular complexity index is 816. The van der Waals surface area contributed by atoms with E-state index in [0.29, 0.717) is 16.9 Å². The lowest BCUT2D eigenvalue weighted by molar-refractivity contribution is -0.137. The van der Waals surface area contributed by atoms with Gasteiger partial charge in [-0.25, -0.2) is 4.98 Å². The van der Waals surface area contributed by atoms with Crippen LogP contribution in [0.4, 0.5) is 13.2 Å². The third-order valence-corrected chi connectivity index (χ3v) is 3.67. The Balaban J connectivity index is 2.15. The molecular weight excluding hydrogens is 277 g/mol. The van der Waals surface area contributed by atoms with E-state index in [9.17, 15) is 13.2 Å². The summed E-state index contributed by atoms with van der Waals surface area (Å²) in [6, 6.07) is 9.34. The third-order valence-electron chi connectivity index (χ3n) is 3.67. The fourth-order valence-electron chi connectivity index (χ4n) is 2.32. The van der Waals surface area contributed by atoms with E-state index in [1.807, 2.05) is 32.0 Å². The molecule has 0 aliphatic carbocycles. The van der Waals surface area contributed by atoms with Crippen LogP contribution in [0.1, 0.15) is 16.7 Å². The molecule has 0 aliphatic heterocycles. The van der Waals surface area contributed by atoms with Crippen molar-refractivity contribution in [3.8, 4) is 11.4 Å². The molecule has 0 amide bonds. The van der Waals surface area contributed by atoms with Crippen molar-refractivity contribution in [3.63, 3.8) is 0 Å². The van der Waals surface area contributed by atoms with E-state index < -0.39 is 11.7 Å². The number of rotatable bonds is 1. The first-order chi connectivity index (χ1) is 9.86. The zero-order valence-corrected chi connectivity index (χ0v) is 11.5. The van der Waals surface area contributed by atoms with Crippen molar-refractivity contribution in [2.45, 2.75) is 20.0 Å². The van der Waals surface area contributed by atoms with Gasteiger partial charge in [0.25, 0.3) is 0 Å². The van der Waals surface area contributed by atoms with Crippen molar-refractivity contribution in [2.24, 2.45) is 0 Å². The molecule has 5 heteroatoms. The summed E-state index contributed by atoms with van der Waals surface area (Å²) in [6.45, 7) is 3.96. The molecule has 0 bridgehead atoms. The van der Waals surface area contributed by atoms with Gasteiger partial charge in [-0.3, -0.25) is 0 Å². The number of hydrogen-bond donors (Lipinski definition) is 1. The van der Waals surface area contributed by atoms with Crippen LogP contribution in [0.15, 0.2) is 36.4 Å². The molecule has 108 valence electrons. The average Bonchev–Trinajstić information content (AvgIpc) is 2.83. The van der Waals surface area contributed by atoms with E-state index in [4.69, 9.17) is 0 Å². The van der Waals surface area contributed by atoms with E-state index in [0.717, 1.165) is 28.8 Å². The van der Waals surface area contributed by atoms with Crippen LogP contribution < -0.4 is 0 Å². The number of nitrogens with one attached hydrogen (secondary N) is 1. The van der Waals surface area contributed by atoms with Gasteiger partial charge in [-0.2, -0.15) is 13.2 Å². The summed E-state index contributed by atoms with van der Waals surface area (Å²) in [5, 5.41) is 0. The lowest BCUT2D eigenvalue weighted by atomic mass is 10.0. The minimum Gasteiger partial charge on any atom is -0.338 e. The number of H-pyrrole nitrogens is 1. The fourth-order valence-corrected chi connectivity index (χ4v) is 2.32. The van der Waals surface area contributed by atoms with Gasteiger partial charge in [-0.15, -0.1) is 0 Å². The number of halogens is 3. The van der Waals surface area contributed by atoms with E-state index in [1.165, 1.54) is 6.07 Å². The molecule has 2 nitrogen and oxygen atoms in total. The Hall–Kier alpha value is -2.30. The first kappa shape index (κ1) is 13.7. The number of fused-ring (bicyclic) bond motifs is 1. The summed E-state index contributed by atoms with van der Waals surface area (Å²) in [5.74, 6) is 0.588. The lowest BCUT2D eigenvalue weighted by Crippen LogP contribution is -2.04. The van der Waals surface area contributed by atoms with Crippen molar-refractivity contribution < 1.29 is 13.2 Å². The predicted octanol–water partition coefficient (Wildman–Crippen LogP) is 4.87. The van der Waals surface area contributed by atoms with Crippen LogP contribution in [0, 0.1) is 13.8 Å². The molecule has 0 fully saturated rings. The maximum atomic E-state index is 12.7. The van der Waals surface area contributed by atoms with Gasteiger partial charge in [0, 0.05) is 5.56 Å². The quantitative estimate of drug-likeness (QED) is 0.681. The van der Waals surface area contributed by atoms with Crippen molar-refractivity contribution >= 4 is 11.0 Å². The number of hydrogen-bond acceptors (Lipinski definition) is 1. The summed E-state index contributed by atoms with van der Waals surface area (Å²) < 4.78 is 38.2. The first-order valence-corrected chi connectivity index (χ1v) is 6.50. The van der Waals surface area contributed by atoms with Crippen molar-refractivity contribution in [1.82, 2.24) is 9.97 Å². The maximum Gasteiger partial charge on any atom is 0.416 e. The molecule has 1 aromatic heterocycles. The summed E-state index contributed by atoms with van der Waals surface area (Å²) in [4.78, 5) is 7.37. The van der Waals surface area contributed by atoms with Crippen LogP contribution in [0.5, 0.6) is 0 Å². The maximum absolute atomic E-state index is 12.7. The molecule has 0 atom stereocenters. The third kappa shape index (κ3) is 2.39. The van der Waals surface area contributed by atoms with Crippen LogP contribution in [-0.2, 0) is 6.18 Å². The summed E-state index contributed by atoms with van der Waals surface area (Å²) in [5.41, 5.74) is 3.32. The van der Waals surface area contributed by atoms with Gasteiger partial charge in [0.1, 0.15) is 5.82 Å². The molecule has 2 aromatic carbocycles. The fraction of sp³-hybridized carbons (Fsp3) is 0.188. The summed E-state index contributed by atoms with van der Waals surface area (Å²) >= 11 is 0. The van der Waals surface area contributed by atoms with Gasteiger partial charge >= 0.3 is 6.18 Å². The number of aromatic amines is 1. The van der Waals surface area contributed by atoms with Gasteiger partial charge in [-0.05, 0) is 43.2 Å². The van der Waals surface area contributed by atoms with E-state index >= 15 is 0 Å². The second-order valence-corrected chi connectivity index (χ2v) is 5.06. The van der Waals surface area contributed by atoms with Crippen molar-refractivity contribution in [3.05, 3.63) is 53.1 Å². The lowest BCUT2D eigenvalue weighted by Gasteiger charge is -2.05. The van der Waals surface area contributed by atoms with Crippen LogP contribution in [-0.4, -0.2) is 9.97 Å². The molecule has 3 rings (SSSR count). The van der Waals surface area contributed by atoms with Gasteiger partial charge in [0.2, 0.25) is 0 Å². The Morgan fingerprint density at radius 1 is 1.05 bits per heavy atom. The number of aryl methyl sites for hydroxylation is 1. The second-order valence-electron chi connectivity index (χ2n) is 5.06. The molecular formula is C16H13F3N2. The normalized spacial score (nSPS) is 12.0. The molecule has 0 aliphatic rings. The number of benzene rings is 2. The Labute approximate surface area is 119 Å². The molecule has 0 radical (unpaired) electrons. The number of nitrogens with zero attached hydrogens (tertiary/aromatic N) is 1. The van der Waals surface area contributed by atoms with E-state index in [2.05, 4.69) is 9.97 Å². The number of imidazole rings is 1. The zero-order valence-electron chi connectivity index (χ0n) is 11.5. The predicted molar refractivity (Wildman–Crippen MR) is 76.0 cm³/mol. The van der Waals surface area contributed by atoms with Crippen LogP contribution in [0.2, 0.25) is 0 Å². The van der Waals surface area contributed by atoms with Crippen LogP contribution in [0.25, 0.3) is 22.4 Å². The van der Waals surface area contributed by atoms with E-state index in [1.54, 1.807) is 0 Å².